The van der Waals surface area contributed by atoms with Gasteiger partial charge in [0.15, 0.2) is 14.6 Å². The third kappa shape index (κ3) is 3.32. The summed E-state index contributed by atoms with van der Waals surface area (Å²) in [5.74, 6) is 0. The molecule has 0 bridgehead atoms. The zero-order valence-electron chi connectivity index (χ0n) is 20.7. The van der Waals surface area contributed by atoms with Crippen LogP contribution in [0, 0.1) is 0 Å². The molecule has 2 aliphatic carbocycles. The summed E-state index contributed by atoms with van der Waals surface area (Å²) < 4.78 is 0. The van der Waals surface area contributed by atoms with Gasteiger partial charge in [-0.2, -0.15) is 0 Å². The fourth-order valence-corrected chi connectivity index (χ4v) is 5.91. The maximum atomic E-state index is 2.37. The van der Waals surface area contributed by atoms with Crippen molar-refractivity contribution in [1.82, 2.24) is 0 Å². The van der Waals surface area contributed by atoms with Gasteiger partial charge in [0.1, 0.15) is 0 Å². The molecule has 0 aromatic heterocycles. The van der Waals surface area contributed by atoms with Gasteiger partial charge in [-0.3, -0.25) is 0 Å². The maximum Gasteiger partial charge on any atom is 0.193 e. The number of benzene rings is 3. The van der Waals surface area contributed by atoms with Gasteiger partial charge >= 0.3 is 0 Å². The Kier molecular flexibility index (Phi) is 4.70. The first-order chi connectivity index (χ1) is 17.5. The van der Waals surface area contributed by atoms with Crippen molar-refractivity contribution in [1.29, 1.82) is 0 Å². The minimum atomic E-state index is -0.167. The van der Waals surface area contributed by atoms with E-state index in [1.807, 2.05) is 0 Å². The lowest BCUT2D eigenvalue weighted by molar-refractivity contribution is 0.758. The molecule has 2 heterocycles. The van der Waals surface area contributed by atoms with Crippen molar-refractivity contribution in [3.8, 4) is 11.1 Å². The van der Waals surface area contributed by atoms with Crippen LogP contribution in [0.3, 0.4) is 0 Å². The number of allylic oxidation sites excluding steroid dienone is 12. The summed E-state index contributed by atoms with van der Waals surface area (Å²) in [6.07, 6.45) is 18.7. The van der Waals surface area contributed by atoms with E-state index in [4.69, 9.17) is 0 Å². The van der Waals surface area contributed by atoms with Gasteiger partial charge < -0.3 is 0 Å². The van der Waals surface area contributed by atoms with E-state index in [0.717, 1.165) is 0 Å². The van der Waals surface area contributed by atoms with Crippen molar-refractivity contribution in [2.75, 3.05) is 0 Å². The van der Waals surface area contributed by atoms with Gasteiger partial charge in [0.2, 0.25) is 0 Å². The molecule has 2 unspecified atom stereocenters. The summed E-state index contributed by atoms with van der Waals surface area (Å²) in [5.41, 5.74) is 12.8. The van der Waals surface area contributed by atoms with Crippen molar-refractivity contribution in [3.05, 3.63) is 155 Å². The van der Waals surface area contributed by atoms with E-state index in [9.17, 15) is 0 Å². The molecule has 3 aromatic carbocycles. The molecule has 0 spiro atoms. The fourth-order valence-electron chi connectivity index (χ4n) is 5.91. The molecule has 2 atom stereocenters. The van der Waals surface area contributed by atoms with E-state index >= 15 is 0 Å². The van der Waals surface area contributed by atoms with Gasteiger partial charge in [-0.05, 0) is 47.2 Å². The van der Waals surface area contributed by atoms with E-state index in [-0.39, 0.29) is 10.8 Å². The topological polar surface area (TPSA) is 0 Å². The second-order valence-corrected chi connectivity index (χ2v) is 10.7. The molecule has 36 heavy (non-hydrogen) atoms. The van der Waals surface area contributed by atoms with Gasteiger partial charge in [-0.25, -0.2) is 0 Å². The molecule has 3 aromatic rings. The summed E-state index contributed by atoms with van der Waals surface area (Å²) >= 11 is 0. The van der Waals surface area contributed by atoms with Crippen molar-refractivity contribution in [2.45, 2.75) is 24.7 Å². The van der Waals surface area contributed by atoms with Gasteiger partial charge in [-0.1, -0.05) is 143 Å². The maximum absolute atomic E-state index is 2.37. The van der Waals surface area contributed by atoms with Gasteiger partial charge in [0.25, 0.3) is 0 Å². The second-order valence-electron chi connectivity index (χ2n) is 10.7. The fraction of sp³-hybridized carbons (Fsp3) is 0.118. The third-order valence-electron chi connectivity index (χ3n) is 8.27. The van der Waals surface area contributed by atoms with Crippen molar-refractivity contribution in [2.24, 2.45) is 0 Å². The minimum absolute atomic E-state index is 0.114. The predicted molar refractivity (Wildman–Crippen MR) is 154 cm³/mol. The molecule has 0 N–H and O–H groups in total. The Balaban J connectivity index is 1.20. The van der Waals surface area contributed by atoms with Crippen LogP contribution in [-0.2, 0) is 10.8 Å². The summed E-state index contributed by atoms with van der Waals surface area (Å²) in [6.45, 7) is 4.60. The SMILES string of the molecule is CC1(c2ccccc2)C=CC2=C(C=C1)C1=C([B]2)C=CC(C)(c2ccc3c(c2)[B]c2ccccc2-3)C=C1. The molecule has 0 amide bonds. The Labute approximate surface area is 215 Å². The van der Waals surface area contributed by atoms with Gasteiger partial charge in [0, 0.05) is 10.8 Å². The first-order valence-electron chi connectivity index (χ1n) is 12.8. The number of fused-ring (bicyclic) bond motifs is 4. The second kappa shape index (κ2) is 7.87. The van der Waals surface area contributed by atoms with Crippen LogP contribution in [-0.4, -0.2) is 14.6 Å². The summed E-state index contributed by atoms with van der Waals surface area (Å²) in [4.78, 5) is 0. The highest BCUT2D eigenvalue weighted by molar-refractivity contribution is 6.73. The zero-order valence-corrected chi connectivity index (χ0v) is 20.7. The Morgan fingerprint density at radius 2 is 1.08 bits per heavy atom. The molecule has 0 saturated carbocycles. The molecule has 4 aliphatic rings. The lowest BCUT2D eigenvalue weighted by Crippen LogP contribution is -2.24. The lowest BCUT2D eigenvalue weighted by atomic mass is 9.64. The van der Waals surface area contributed by atoms with Gasteiger partial charge in [0.05, 0.1) is 0 Å². The van der Waals surface area contributed by atoms with Crippen LogP contribution in [0.4, 0.5) is 0 Å². The van der Waals surface area contributed by atoms with Crippen LogP contribution < -0.4 is 10.9 Å². The van der Waals surface area contributed by atoms with E-state index < -0.39 is 0 Å². The number of hydrogen-bond acceptors (Lipinski definition) is 0. The van der Waals surface area contributed by atoms with Crippen molar-refractivity contribution in [3.63, 3.8) is 0 Å². The smallest absolute Gasteiger partial charge is 0.0740 e. The quantitative estimate of drug-likeness (QED) is 0.324. The molecule has 2 radical (unpaired) electrons. The Morgan fingerprint density at radius 3 is 1.81 bits per heavy atom. The molecule has 2 heteroatoms. The molecule has 2 aliphatic heterocycles. The molecule has 7 rings (SSSR count). The molecule has 0 fully saturated rings. The average Bonchev–Trinajstić information content (AvgIpc) is 3.34. The molecular weight excluding hydrogens is 430 g/mol. The summed E-state index contributed by atoms with van der Waals surface area (Å²) in [7, 11) is 4.65. The average molecular weight is 456 g/mol. The molecule has 168 valence electrons. The summed E-state index contributed by atoms with van der Waals surface area (Å²) in [6, 6.07) is 26.4. The minimum Gasteiger partial charge on any atom is -0.0740 e. The highest BCUT2D eigenvalue weighted by Crippen LogP contribution is 2.40. The van der Waals surface area contributed by atoms with E-state index in [2.05, 4.69) is 150 Å². The normalized spacial score (nSPS) is 24.9. The van der Waals surface area contributed by atoms with E-state index in [1.54, 1.807) is 0 Å². The van der Waals surface area contributed by atoms with E-state index in [1.165, 1.54) is 55.3 Å². The predicted octanol–water partition coefficient (Wildman–Crippen LogP) is 6.02. The van der Waals surface area contributed by atoms with Crippen molar-refractivity contribution >= 4 is 25.5 Å². The zero-order chi connectivity index (χ0) is 24.3. The summed E-state index contributed by atoms with van der Waals surface area (Å²) in [5, 5.41) is 0. The first kappa shape index (κ1) is 21.5. The Morgan fingerprint density at radius 1 is 0.500 bits per heavy atom. The van der Waals surface area contributed by atoms with Crippen LogP contribution >= 0.6 is 0 Å². The highest BCUT2D eigenvalue weighted by Gasteiger charge is 2.30. The highest BCUT2D eigenvalue weighted by atomic mass is 14.3. The van der Waals surface area contributed by atoms with Crippen LogP contribution in [0.2, 0.25) is 0 Å². The number of rotatable bonds is 2. The van der Waals surface area contributed by atoms with Crippen LogP contribution in [0.25, 0.3) is 11.1 Å². The first-order valence-corrected chi connectivity index (χ1v) is 12.8. The molecule has 0 saturated heterocycles. The van der Waals surface area contributed by atoms with E-state index in [0.29, 0.717) is 0 Å². The molecule has 0 nitrogen and oxygen atoms in total. The Bertz CT molecular complexity index is 1600. The molecular formula is C34H26B2. The largest absolute Gasteiger partial charge is 0.193 e. The van der Waals surface area contributed by atoms with Crippen molar-refractivity contribution < 1.29 is 0 Å². The Hall–Kier alpha value is -3.77. The monoisotopic (exact) mass is 456 g/mol. The third-order valence-corrected chi connectivity index (χ3v) is 8.27. The number of hydrogen-bond donors (Lipinski definition) is 0. The van der Waals surface area contributed by atoms with Gasteiger partial charge in [-0.15, -0.1) is 0 Å². The lowest BCUT2D eigenvalue weighted by Gasteiger charge is -2.23. The van der Waals surface area contributed by atoms with Crippen LogP contribution in [0.1, 0.15) is 25.0 Å². The van der Waals surface area contributed by atoms with Crippen LogP contribution in [0.5, 0.6) is 0 Å². The van der Waals surface area contributed by atoms with Crippen LogP contribution in [0.15, 0.2) is 143 Å². The standard InChI is InChI=1S/C34H26B2/c1-33(23-8-4-3-5-9-23)18-14-27-28-15-19-34(2,21-17-31(28)35-30(27)16-20-33)24-12-13-26-25-10-6-7-11-29(25)36-32(26)22-24/h3-22H,1-2H3.